The van der Waals surface area contributed by atoms with Gasteiger partial charge < -0.3 is 15.2 Å². The van der Waals surface area contributed by atoms with Gasteiger partial charge in [0.2, 0.25) is 0 Å². The van der Waals surface area contributed by atoms with Crippen molar-refractivity contribution in [3.63, 3.8) is 0 Å². The largest absolute Gasteiger partial charge is 0.395 e. The molecule has 0 rings (SSSR count). The summed E-state index contributed by atoms with van der Waals surface area (Å²) in [7, 11) is 1.51. The van der Waals surface area contributed by atoms with Crippen LogP contribution < -0.4 is 5.32 Å². The van der Waals surface area contributed by atoms with Gasteiger partial charge in [-0.05, 0) is 19.8 Å². The van der Waals surface area contributed by atoms with Crippen LogP contribution in [-0.2, 0) is 4.74 Å². The Morgan fingerprint density at radius 2 is 2.00 bits per heavy atom. The molecule has 0 saturated carbocycles. The minimum absolute atomic E-state index is 0.0605. The number of aliphatic hydroxyl groups is 1. The van der Waals surface area contributed by atoms with E-state index in [0.717, 1.165) is 0 Å². The average Bonchev–Trinajstić information content (AvgIpc) is 2.15. The summed E-state index contributed by atoms with van der Waals surface area (Å²) in [6, 6.07) is -0.277. The second kappa shape index (κ2) is 7.86. The second-order valence-electron chi connectivity index (χ2n) is 3.91. The molecule has 98 valence electrons. The molecule has 0 aromatic heterocycles. The third-order valence-corrected chi connectivity index (χ3v) is 2.21. The van der Waals surface area contributed by atoms with Crippen LogP contribution in [0.25, 0.3) is 0 Å². The summed E-state index contributed by atoms with van der Waals surface area (Å²) in [6.45, 7) is 2.06. The molecule has 6 heteroatoms. The highest BCUT2D eigenvalue weighted by Crippen LogP contribution is 2.22. The van der Waals surface area contributed by atoms with Gasteiger partial charge in [-0.25, -0.2) is 0 Å². The van der Waals surface area contributed by atoms with E-state index >= 15 is 0 Å². The molecule has 2 atom stereocenters. The monoisotopic (exact) mass is 243 g/mol. The molecule has 2 N–H and O–H groups in total. The topological polar surface area (TPSA) is 41.5 Å². The summed E-state index contributed by atoms with van der Waals surface area (Å²) in [5.41, 5.74) is 0. The molecule has 0 radical (unpaired) electrons. The van der Waals surface area contributed by atoms with Crippen molar-refractivity contribution in [2.24, 2.45) is 0 Å². The first-order chi connectivity index (χ1) is 7.39. The van der Waals surface area contributed by atoms with E-state index in [0.29, 0.717) is 13.0 Å². The van der Waals surface area contributed by atoms with Crippen LogP contribution in [0.3, 0.4) is 0 Å². The molecule has 2 unspecified atom stereocenters. The summed E-state index contributed by atoms with van der Waals surface area (Å²) in [5.74, 6) is 0. The Morgan fingerprint density at radius 1 is 1.38 bits per heavy atom. The Hall–Kier alpha value is -0.330. The number of hydrogen-bond donors (Lipinski definition) is 2. The van der Waals surface area contributed by atoms with Gasteiger partial charge in [-0.2, -0.15) is 13.2 Å². The molecule has 0 amide bonds. The van der Waals surface area contributed by atoms with Crippen LogP contribution in [0.2, 0.25) is 0 Å². The van der Waals surface area contributed by atoms with Gasteiger partial charge >= 0.3 is 6.18 Å². The first-order valence-electron chi connectivity index (χ1n) is 5.31. The zero-order valence-electron chi connectivity index (χ0n) is 9.68. The molecule has 0 fully saturated rings. The van der Waals surface area contributed by atoms with Gasteiger partial charge in [0, 0.05) is 19.6 Å². The molecule has 0 aromatic rings. The zero-order valence-corrected chi connectivity index (χ0v) is 9.68. The van der Waals surface area contributed by atoms with E-state index in [1.165, 1.54) is 7.11 Å². The van der Waals surface area contributed by atoms with Crippen molar-refractivity contribution in [1.82, 2.24) is 5.32 Å². The molecule has 0 saturated heterocycles. The first kappa shape index (κ1) is 15.7. The predicted molar refractivity (Wildman–Crippen MR) is 55.3 cm³/mol. The van der Waals surface area contributed by atoms with E-state index in [2.05, 4.69) is 5.32 Å². The normalized spacial score (nSPS) is 16.1. The summed E-state index contributed by atoms with van der Waals surface area (Å²) >= 11 is 0. The Kier molecular flexibility index (Phi) is 7.70. The number of methoxy groups -OCH3 is 1. The summed E-state index contributed by atoms with van der Waals surface area (Å²) in [5, 5.41) is 11.9. The SMILES string of the molecule is COCC(CO)NC(C)CCCC(F)(F)F. The summed E-state index contributed by atoms with van der Waals surface area (Å²) < 4.78 is 40.5. The lowest BCUT2D eigenvalue weighted by atomic mass is 10.1. The van der Waals surface area contributed by atoms with Crippen LogP contribution in [0.1, 0.15) is 26.2 Å². The number of rotatable bonds is 8. The average molecular weight is 243 g/mol. The van der Waals surface area contributed by atoms with Crippen molar-refractivity contribution in [1.29, 1.82) is 0 Å². The van der Waals surface area contributed by atoms with Crippen molar-refractivity contribution < 1.29 is 23.0 Å². The number of halogens is 3. The van der Waals surface area contributed by atoms with Crippen molar-refractivity contribution in [3.8, 4) is 0 Å². The maximum absolute atomic E-state index is 11.9. The van der Waals surface area contributed by atoms with Gasteiger partial charge in [0.15, 0.2) is 0 Å². The third-order valence-electron chi connectivity index (χ3n) is 2.21. The summed E-state index contributed by atoms with van der Waals surface area (Å²) in [4.78, 5) is 0. The second-order valence-corrected chi connectivity index (χ2v) is 3.91. The van der Waals surface area contributed by atoms with E-state index < -0.39 is 12.6 Å². The Labute approximate surface area is 94.0 Å². The molecule has 0 spiro atoms. The molecular formula is C10H20F3NO2. The summed E-state index contributed by atoms with van der Waals surface area (Å²) in [6.07, 6.45) is -4.31. The quantitative estimate of drug-likeness (QED) is 0.682. The number of alkyl halides is 3. The highest BCUT2D eigenvalue weighted by molar-refractivity contribution is 4.70. The molecule has 0 heterocycles. The third kappa shape index (κ3) is 8.94. The molecule has 16 heavy (non-hydrogen) atoms. The van der Waals surface area contributed by atoms with Crippen molar-refractivity contribution in [2.75, 3.05) is 20.3 Å². The van der Waals surface area contributed by atoms with Gasteiger partial charge in [-0.1, -0.05) is 0 Å². The van der Waals surface area contributed by atoms with E-state index in [-0.39, 0.29) is 25.1 Å². The maximum Gasteiger partial charge on any atom is 0.389 e. The van der Waals surface area contributed by atoms with Crippen LogP contribution in [-0.4, -0.2) is 43.7 Å². The molecule has 0 bridgehead atoms. The first-order valence-corrected chi connectivity index (χ1v) is 5.31. The molecular weight excluding hydrogens is 223 g/mol. The van der Waals surface area contributed by atoms with Crippen LogP contribution >= 0.6 is 0 Å². The van der Waals surface area contributed by atoms with Crippen molar-refractivity contribution in [3.05, 3.63) is 0 Å². The Bertz CT molecular complexity index is 176. The van der Waals surface area contributed by atoms with E-state index in [9.17, 15) is 13.2 Å². The molecule has 0 aromatic carbocycles. The van der Waals surface area contributed by atoms with Gasteiger partial charge in [-0.15, -0.1) is 0 Å². The number of hydrogen-bond acceptors (Lipinski definition) is 3. The fraction of sp³-hybridized carbons (Fsp3) is 1.00. The van der Waals surface area contributed by atoms with Crippen molar-refractivity contribution in [2.45, 2.75) is 44.4 Å². The lowest BCUT2D eigenvalue weighted by molar-refractivity contribution is -0.135. The number of nitrogens with one attached hydrogen (secondary N) is 1. The van der Waals surface area contributed by atoms with Crippen LogP contribution in [0, 0.1) is 0 Å². The van der Waals surface area contributed by atoms with Crippen LogP contribution in [0.4, 0.5) is 13.2 Å². The lowest BCUT2D eigenvalue weighted by Crippen LogP contribution is -2.42. The van der Waals surface area contributed by atoms with E-state index in [4.69, 9.17) is 9.84 Å². The van der Waals surface area contributed by atoms with Crippen molar-refractivity contribution >= 4 is 0 Å². The van der Waals surface area contributed by atoms with E-state index in [1.54, 1.807) is 6.92 Å². The fourth-order valence-electron chi connectivity index (χ4n) is 1.45. The van der Waals surface area contributed by atoms with Gasteiger partial charge in [0.25, 0.3) is 0 Å². The number of ether oxygens (including phenoxy) is 1. The highest BCUT2D eigenvalue weighted by Gasteiger charge is 2.26. The molecule has 0 aliphatic carbocycles. The number of aliphatic hydroxyl groups excluding tert-OH is 1. The Morgan fingerprint density at radius 3 is 2.44 bits per heavy atom. The molecule has 0 aliphatic rings. The van der Waals surface area contributed by atoms with Crippen LogP contribution in [0.15, 0.2) is 0 Å². The van der Waals surface area contributed by atoms with Crippen LogP contribution in [0.5, 0.6) is 0 Å². The van der Waals surface area contributed by atoms with Gasteiger partial charge in [0.1, 0.15) is 0 Å². The molecule has 0 aliphatic heterocycles. The fourth-order valence-corrected chi connectivity index (χ4v) is 1.45. The standard InChI is InChI=1S/C10H20F3NO2/c1-8(4-3-5-10(11,12)13)14-9(6-15)7-16-2/h8-9,14-15H,3-7H2,1-2H3. The van der Waals surface area contributed by atoms with Gasteiger partial charge in [0.05, 0.1) is 19.3 Å². The minimum Gasteiger partial charge on any atom is -0.395 e. The van der Waals surface area contributed by atoms with Gasteiger partial charge in [-0.3, -0.25) is 0 Å². The zero-order chi connectivity index (χ0) is 12.6. The van der Waals surface area contributed by atoms with E-state index in [1.807, 2.05) is 0 Å². The predicted octanol–water partition coefficient (Wildman–Crippen LogP) is 1.70. The molecule has 3 nitrogen and oxygen atoms in total. The maximum atomic E-state index is 11.9. The Balaban J connectivity index is 3.67. The highest BCUT2D eigenvalue weighted by atomic mass is 19.4. The lowest BCUT2D eigenvalue weighted by Gasteiger charge is -2.21. The smallest absolute Gasteiger partial charge is 0.389 e. The minimum atomic E-state index is -4.08.